The molecule has 1 aromatic carbocycles. The standard InChI is InChI=1S/C24H28FN3O5/c1-14(2)24(23(31)27-18(20(29)13-25)11-21(30)32-15(3)4)12-19(28-33-24)22-17-8-6-5-7-16(17)9-10-26-22/h5-10,14-15,18H,11-13H2,1-4H3,(H,27,31)/t18-,24+/m0/s1. The van der Waals surface area contributed by atoms with E-state index in [1.807, 2.05) is 30.3 Å². The number of hydrogen-bond acceptors (Lipinski definition) is 7. The second-order valence-electron chi connectivity index (χ2n) is 8.60. The number of carbonyl (C=O) groups is 3. The highest BCUT2D eigenvalue weighted by atomic mass is 19.1. The van der Waals surface area contributed by atoms with E-state index < -0.39 is 48.5 Å². The molecule has 1 aromatic heterocycles. The Hall–Kier alpha value is -3.36. The van der Waals surface area contributed by atoms with Crippen LogP contribution in [0.4, 0.5) is 4.39 Å². The van der Waals surface area contributed by atoms with Gasteiger partial charge in [-0.2, -0.15) is 0 Å². The monoisotopic (exact) mass is 457 g/mol. The smallest absolute Gasteiger partial charge is 0.308 e. The molecule has 0 bridgehead atoms. The van der Waals surface area contributed by atoms with E-state index in [-0.39, 0.29) is 12.3 Å². The number of esters is 1. The van der Waals surface area contributed by atoms with Crippen molar-refractivity contribution in [3.05, 3.63) is 42.2 Å². The second-order valence-corrected chi connectivity index (χ2v) is 8.60. The van der Waals surface area contributed by atoms with Crippen LogP contribution in [0.5, 0.6) is 0 Å². The zero-order chi connectivity index (χ0) is 24.2. The summed E-state index contributed by atoms with van der Waals surface area (Å²) in [4.78, 5) is 47.6. The number of pyridine rings is 1. The topological polar surface area (TPSA) is 107 Å². The van der Waals surface area contributed by atoms with Crippen molar-refractivity contribution in [2.75, 3.05) is 6.67 Å². The van der Waals surface area contributed by atoms with Gasteiger partial charge in [-0.3, -0.25) is 19.4 Å². The second kappa shape index (κ2) is 10.1. The molecule has 0 aliphatic carbocycles. The van der Waals surface area contributed by atoms with Crippen molar-refractivity contribution in [2.24, 2.45) is 11.1 Å². The minimum Gasteiger partial charge on any atom is -0.463 e. The number of benzene rings is 1. The zero-order valence-electron chi connectivity index (χ0n) is 19.1. The molecule has 0 saturated heterocycles. The first-order valence-electron chi connectivity index (χ1n) is 10.9. The average Bonchev–Trinajstić information content (AvgIpc) is 3.24. The van der Waals surface area contributed by atoms with E-state index in [2.05, 4.69) is 15.5 Å². The quantitative estimate of drug-likeness (QED) is 0.580. The van der Waals surface area contributed by atoms with Crippen LogP contribution in [-0.2, 0) is 24.0 Å². The lowest BCUT2D eigenvalue weighted by molar-refractivity contribution is -0.154. The van der Waals surface area contributed by atoms with Gasteiger partial charge in [-0.15, -0.1) is 0 Å². The van der Waals surface area contributed by atoms with Crippen LogP contribution in [-0.4, -0.2) is 52.8 Å². The summed E-state index contributed by atoms with van der Waals surface area (Å²) in [6, 6.07) is 8.16. The highest BCUT2D eigenvalue weighted by molar-refractivity contribution is 6.12. The SMILES string of the molecule is CC(C)OC(=O)C[C@H](NC(=O)[C@]1(C(C)C)CC(c2nccc3ccccc23)=NO1)C(=O)CF. The van der Waals surface area contributed by atoms with Gasteiger partial charge < -0.3 is 14.9 Å². The van der Waals surface area contributed by atoms with Gasteiger partial charge in [0.2, 0.25) is 5.60 Å². The zero-order valence-corrected chi connectivity index (χ0v) is 19.1. The van der Waals surface area contributed by atoms with Crippen LogP contribution in [0.1, 0.15) is 46.2 Å². The van der Waals surface area contributed by atoms with E-state index in [4.69, 9.17) is 9.57 Å². The molecule has 0 spiro atoms. The van der Waals surface area contributed by atoms with Crippen molar-refractivity contribution in [2.45, 2.75) is 58.3 Å². The number of fused-ring (bicyclic) bond motifs is 1. The summed E-state index contributed by atoms with van der Waals surface area (Å²) in [5.74, 6) is -2.63. The van der Waals surface area contributed by atoms with Crippen molar-refractivity contribution < 1.29 is 28.3 Å². The molecule has 3 rings (SSSR count). The lowest BCUT2D eigenvalue weighted by Gasteiger charge is -2.30. The molecule has 176 valence electrons. The largest absolute Gasteiger partial charge is 0.463 e. The van der Waals surface area contributed by atoms with Gasteiger partial charge in [0, 0.05) is 23.9 Å². The number of nitrogens with one attached hydrogen (secondary N) is 1. The third kappa shape index (κ3) is 5.18. The Morgan fingerprint density at radius 1 is 1.18 bits per heavy atom. The van der Waals surface area contributed by atoms with Gasteiger partial charge in [0.25, 0.3) is 5.91 Å². The summed E-state index contributed by atoms with van der Waals surface area (Å²) in [5.41, 5.74) is -0.353. The first-order valence-corrected chi connectivity index (χ1v) is 10.9. The van der Waals surface area contributed by atoms with Crippen molar-refractivity contribution in [3.63, 3.8) is 0 Å². The third-order valence-corrected chi connectivity index (χ3v) is 5.58. The number of nitrogens with zero attached hydrogens (tertiary/aromatic N) is 2. The van der Waals surface area contributed by atoms with Gasteiger partial charge in [-0.05, 0) is 25.3 Å². The number of halogens is 1. The van der Waals surface area contributed by atoms with Crippen LogP contribution < -0.4 is 5.32 Å². The molecular weight excluding hydrogens is 429 g/mol. The van der Waals surface area contributed by atoms with E-state index in [1.165, 1.54) is 0 Å². The molecule has 2 atom stereocenters. The fraction of sp³-hybridized carbons (Fsp3) is 0.458. The predicted octanol–water partition coefficient (Wildman–Crippen LogP) is 3.12. The first-order chi connectivity index (χ1) is 15.7. The van der Waals surface area contributed by atoms with Crippen LogP contribution >= 0.6 is 0 Å². The summed E-state index contributed by atoms with van der Waals surface area (Å²) < 4.78 is 18.2. The Bertz CT molecular complexity index is 1080. The van der Waals surface area contributed by atoms with E-state index in [9.17, 15) is 18.8 Å². The Balaban J connectivity index is 1.84. The summed E-state index contributed by atoms with van der Waals surface area (Å²) >= 11 is 0. The molecule has 33 heavy (non-hydrogen) atoms. The molecule has 1 N–H and O–H groups in total. The Labute approximate surface area is 191 Å². The number of amides is 1. The highest BCUT2D eigenvalue weighted by Gasteiger charge is 2.51. The number of oxime groups is 1. The van der Waals surface area contributed by atoms with Gasteiger partial charge in [0.15, 0.2) is 5.78 Å². The number of Topliss-reactive ketones (excluding diaryl/α,β-unsaturated/α-hetero) is 1. The van der Waals surface area contributed by atoms with E-state index in [0.717, 1.165) is 10.8 Å². The van der Waals surface area contributed by atoms with Gasteiger partial charge in [-0.25, -0.2) is 4.39 Å². The lowest BCUT2D eigenvalue weighted by atomic mass is 9.83. The molecule has 2 aromatic rings. The average molecular weight is 458 g/mol. The van der Waals surface area contributed by atoms with Crippen molar-refractivity contribution >= 4 is 34.1 Å². The third-order valence-electron chi connectivity index (χ3n) is 5.58. The summed E-state index contributed by atoms with van der Waals surface area (Å²) in [6.07, 6.45) is 0.884. The maximum Gasteiger partial charge on any atom is 0.308 e. The number of alkyl halides is 1. The Morgan fingerprint density at radius 3 is 2.58 bits per heavy atom. The van der Waals surface area contributed by atoms with Gasteiger partial charge >= 0.3 is 5.97 Å². The van der Waals surface area contributed by atoms with Crippen LogP contribution in [0.3, 0.4) is 0 Å². The van der Waals surface area contributed by atoms with Crippen molar-refractivity contribution in [3.8, 4) is 0 Å². The molecule has 0 radical (unpaired) electrons. The predicted molar refractivity (Wildman–Crippen MR) is 120 cm³/mol. The van der Waals surface area contributed by atoms with Crippen LogP contribution in [0, 0.1) is 5.92 Å². The minimum atomic E-state index is -1.44. The van der Waals surface area contributed by atoms with Gasteiger partial charge in [0.1, 0.15) is 18.4 Å². The summed E-state index contributed by atoms with van der Waals surface area (Å²) in [7, 11) is 0. The summed E-state index contributed by atoms with van der Waals surface area (Å²) in [5, 5.41) is 8.50. The van der Waals surface area contributed by atoms with Crippen LogP contribution in [0.15, 0.2) is 41.7 Å². The van der Waals surface area contributed by atoms with Crippen LogP contribution in [0.2, 0.25) is 0 Å². The molecule has 0 fully saturated rings. The fourth-order valence-corrected chi connectivity index (χ4v) is 3.72. The normalized spacial score (nSPS) is 18.7. The molecule has 0 saturated carbocycles. The maximum atomic E-state index is 13.3. The molecule has 0 unspecified atom stereocenters. The van der Waals surface area contributed by atoms with E-state index in [1.54, 1.807) is 33.9 Å². The molecule has 1 aliphatic heterocycles. The van der Waals surface area contributed by atoms with E-state index in [0.29, 0.717) is 11.4 Å². The highest BCUT2D eigenvalue weighted by Crippen LogP contribution is 2.35. The molecule has 1 amide bonds. The fourth-order valence-electron chi connectivity index (χ4n) is 3.72. The minimum absolute atomic E-state index is 0.102. The molecule has 9 heteroatoms. The number of carbonyl (C=O) groups excluding carboxylic acids is 3. The molecule has 8 nitrogen and oxygen atoms in total. The molecule has 1 aliphatic rings. The number of rotatable bonds is 9. The summed E-state index contributed by atoms with van der Waals surface area (Å²) in [6.45, 7) is 5.56. The maximum absolute atomic E-state index is 13.3. The lowest BCUT2D eigenvalue weighted by Crippen LogP contribution is -2.56. The number of ketones is 1. The van der Waals surface area contributed by atoms with Crippen molar-refractivity contribution in [1.29, 1.82) is 0 Å². The Kier molecular flexibility index (Phi) is 7.40. The van der Waals surface area contributed by atoms with E-state index >= 15 is 0 Å². The van der Waals surface area contributed by atoms with Crippen LogP contribution in [0.25, 0.3) is 10.8 Å². The first kappa shape index (κ1) is 24.3. The number of ether oxygens (including phenoxy) is 1. The molecular formula is C24H28FN3O5. The number of aromatic nitrogens is 1. The van der Waals surface area contributed by atoms with Gasteiger partial charge in [0.05, 0.1) is 18.2 Å². The van der Waals surface area contributed by atoms with Crippen molar-refractivity contribution in [1.82, 2.24) is 10.3 Å². The molecule has 2 heterocycles. The Morgan fingerprint density at radius 2 is 1.91 bits per heavy atom. The van der Waals surface area contributed by atoms with Gasteiger partial charge in [-0.1, -0.05) is 43.3 Å². The number of hydrogen-bond donors (Lipinski definition) is 1.